The summed E-state index contributed by atoms with van der Waals surface area (Å²) in [5, 5.41) is 9.40. The number of rotatable bonds is 0. The van der Waals surface area contributed by atoms with Gasteiger partial charge in [0.1, 0.15) is 0 Å². The fourth-order valence-corrected chi connectivity index (χ4v) is 2.56. The summed E-state index contributed by atoms with van der Waals surface area (Å²) in [6, 6.07) is 0. The molecule has 1 N–H and O–H groups in total. The second-order valence-corrected chi connectivity index (χ2v) is 4.52. The van der Waals surface area contributed by atoms with Crippen LogP contribution in [-0.2, 0) is 4.74 Å². The highest BCUT2D eigenvalue weighted by molar-refractivity contribution is 4.89. The van der Waals surface area contributed by atoms with E-state index in [-0.39, 0.29) is 12.3 Å². The lowest BCUT2D eigenvalue weighted by atomic mass is 9.80. The van der Waals surface area contributed by atoms with Gasteiger partial charge in [-0.2, -0.15) is 13.2 Å². The summed E-state index contributed by atoms with van der Waals surface area (Å²) in [6.07, 6.45) is -1.45. The molecule has 1 saturated heterocycles. The fraction of sp³-hybridized carbons (Fsp3) is 1.00. The van der Waals surface area contributed by atoms with Gasteiger partial charge in [0.25, 0.3) is 5.79 Å². The van der Waals surface area contributed by atoms with E-state index in [0.29, 0.717) is 12.8 Å². The van der Waals surface area contributed by atoms with Crippen LogP contribution in [0.5, 0.6) is 0 Å². The van der Waals surface area contributed by atoms with Crippen molar-refractivity contribution < 1.29 is 23.0 Å². The average Bonchev–Trinajstić information content (AvgIpc) is 2.16. The summed E-state index contributed by atoms with van der Waals surface area (Å²) in [5.74, 6) is -2.69. The van der Waals surface area contributed by atoms with Crippen molar-refractivity contribution >= 4 is 0 Å². The molecule has 1 saturated carbocycles. The number of ether oxygens (including phenoxy) is 1. The van der Waals surface area contributed by atoms with Gasteiger partial charge in [-0.1, -0.05) is 12.8 Å². The van der Waals surface area contributed by atoms with Crippen molar-refractivity contribution in [3.05, 3.63) is 0 Å². The van der Waals surface area contributed by atoms with Crippen molar-refractivity contribution in [3.63, 3.8) is 0 Å². The zero-order valence-corrected chi connectivity index (χ0v) is 8.39. The van der Waals surface area contributed by atoms with Gasteiger partial charge in [-0.15, -0.1) is 0 Å². The van der Waals surface area contributed by atoms with E-state index in [9.17, 15) is 18.3 Å². The predicted octanol–water partition coefficient (Wildman–Crippen LogP) is 2.61. The number of halogens is 3. The molecular formula is C10H15F3O2. The number of aliphatic hydroxyl groups is 1. The molecule has 88 valence electrons. The molecule has 2 nitrogen and oxygen atoms in total. The van der Waals surface area contributed by atoms with Gasteiger partial charge in [0, 0.05) is 6.42 Å². The van der Waals surface area contributed by atoms with E-state index < -0.39 is 18.1 Å². The quantitative estimate of drug-likeness (QED) is 0.685. The maximum absolute atomic E-state index is 12.5. The molecule has 0 unspecified atom stereocenters. The second-order valence-electron chi connectivity index (χ2n) is 4.52. The molecule has 0 spiro atoms. The lowest BCUT2D eigenvalue weighted by molar-refractivity contribution is -0.397. The van der Waals surface area contributed by atoms with Crippen LogP contribution in [0.25, 0.3) is 0 Å². The van der Waals surface area contributed by atoms with Gasteiger partial charge in [-0.05, 0) is 25.2 Å². The van der Waals surface area contributed by atoms with Crippen molar-refractivity contribution in [2.24, 2.45) is 5.92 Å². The Kier molecular flexibility index (Phi) is 2.71. The first-order valence-electron chi connectivity index (χ1n) is 5.39. The van der Waals surface area contributed by atoms with Gasteiger partial charge >= 0.3 is 6.18 Å². The van der Waals surface area contributed by atoms with Crippen LogP contribution in [0.1, 0.15) is 38.5 Å². The third-order valence-electron chi connectivity index (χ3n) is 3.48. The van der Waals surface area contributed by atoms with Crippen molar-refractivity contribution in [3.8, 4) is 0 Å². The zero-order chi connectivity index (χ0) is 11.1. The van der Waals surface area contributed by atoms with Crippen LogP contribution in [0.3, 0.4) is 0 Å². The largest absolute Gasteiger partial charge is 0.443 e. The highest BCUT2D eigenvalue weighted by atomic mass is 19.4. The van der Waals surface area contributed by atoms with Crippen LogP contribution < -0.4 is 0 Å². The first-order chi connectivity index (χ1) is 6.92. The minimum atomic E-state index is -4.67. The van der Waals surface area contributed by atoms with E-state index in [1.54, 1.807) is 0 Å². The van der Waals surface area contributed by atoms with Crippen LogP contribution in [0.2, 0.25) is 0 Å². The Hall–Kier alpha value is -0.290. The fourth-order valence-electron chi connectivity index (χ4n) is 2.56. The van der Waals surface area contributed by atoms with Gasteiger partial charge in [0.15, 0.2) is 0 Å². The standard InChI is InChI=1S/C10H15F3O2/c11-10(12,13)9(14)6-5-7-3-1-2-4-8(7)15-9/h7-8,14H,1-6H2/t7-,8-,9-/m0/s1. The summed E-state index contributed by atoms with van der Waals surface area (Å²) < 4.78 is 42.4. The van der Waals surface area contributed by atoms with E-state index in [1.165, 1.54) is 0 Å². The molecule has 2 fully saturated rings. The monoisotopic (exact) mass is 224 g/mol. The van der Waals surface area contributed by atoms with E-state index in [1.807, 2.05) is 0 Å². The number of alkyl halides is 3. The highest BCUT2D eigenvalue weighted by Crippen LogP contribution is 2.45. The highest BCUT2D eigenvalue weighted by Gasteiger charge is 2.58. The van der Waals surface area contributed by atoms with Crippen LogP contribution in [0.4, 0.5) is 13.2 Å². The molecule has 0 aromatic heterocycles. The Morgan fingerprint density at radius 1 is 1.13 bits per heavy atom. The molecule has 1 heterocycles. The summed E-state index contributed by atoms with van der Waals surface area (Å²) in [5.41, 5.74) is 0. The van der Waals surface area contributed by atoms with Crippen LogP contribution in [-0.4, -0.2) is 23.2 Å². The first kappa shape index (κ1) is 11.2. The Bertz CT molecular complexity index is 241. The molecule has 1 aliphatic heterocycles. The molecule has 1 aliphatic carbocycles. The number of fused-ring (bicyclic) bond motifs is 1. The molecule has 0 aromatic carbocycles. The Morgan fingerprint density at radius 2 is 1.80 bits per heavy atom. The van der Waals surface area contributed by atoms with Gasteiger partial charge in [0.05, 0.1) is 6.10 Å². The number of hydrogen-bond acceptors (Lipinski definition) is 2. The van der Waals surface area contributed by atoms with Gasteiger partial charge in [-0.3, -0.25) is 0 Å². The molecule has 0 aromatic rings. The van der Waals surface area contributed by atoms with E-state index >= 15 is 0 Å². The maximum Gasteiger partial charge on any atom is 0.443 e. The van der Waals surface area contributed by atoms with E-state index in [2.05, 4.69) is 0 Å². The van der Waals surface area contributed by atoms with Crippen molar-refractivity contribution in [2.45, 2.75) is 56.6 Å². The predicted molar refractivity (Wildman–Crippen MR) is 47.1 cm³/mol. The van der Waals surface area contributed by atoms with E-state index in [0.717, 1.165) is 19.3 Å². The SMILES string of the molecule is O[C@@]1(C(F)(F)F)CC[C@@H]2CCCC[C@@H]2O1. The van der Waals surface area contributed by atoms with Gasteiger partial charge < -0.3 is 9.84 Å². The third-order valence-corrected chi connectivity index (χ3v) is 3.48. The van der Waals surface area contributed by atoms with Gasteiger partial charge in [-0.25, -0.2) is 0 Å². The Labute approximate surface area is 86.4 Å². The average molecular weight is 224 g/mol. The molecule has 2 rings (SSSR count). The summed E-state index contributed by atoms with van der Waals surface area (Å²) in [6.45, 7) is 0. The minimum absolute atomic E-state index is 0.210. The van der Waals surface area contributed by atoms with Crippen molar-refractivity contribution in [1.82, 2.24) is 0 Å². The topological polar surface area (TPSA) is 29.5 Å². The van der Waals surface area contributed by atoms with Crippen molar-refractivity contribution in [2.75, 3.05) is 0 Å². The smallest absolute Gasteiger partial charge is 0.359 e. The first-order valence-corrected chi connectivity index (χ1v) is 5.39. The van der Waals surface area contributed by atoms with Crippen LogP contribution in [0, 0.1) is 5.92 Å². The second kappa shape index (κ2) is 3.63. The summed E-state index contributed by atoms with van der Waals surface area (Å²) in [7, 11) is 0. The maximum atomic E-state index is 12.5. The molecule has 3 atom stereocenters. The number of hydrogen-bond donors (Lipinski definition) is 1. The van der Waals surface area contributed by atoms with Gasteiger partial charge in [0.2, 0.25) is 0 Å². The normalized spacial score (nSPS) is 42.4. The van der Waals surface area contributed by atoms with E-state index in [4.69, 9.17) is 4.74 Å². The molecule has 15 heavy (non-hydrogen) atoms. The zero-order valence-electron chi connectivity index (χ0n) is 8.39. The lowest BCUT2D eigenvalue weighted by Gasteiger charge is -2.44. The van der Waals surface area contributed by atoms with Crippen LogP contribution in [0.15, 0.2) is 0 Å². The molecule has 5 heteroatoms. The minimum Gasteiger partial charge on any atom is -0.359 e. The summed E-state index contributed by atoms with van der Waals surface area (Å²) >= 11 is 0. The van der Waals surface area contributed by atoms with Crippen LogP contribution >= 0.6 is 0 Å². The Morgan fingerprint density at radius 3 is 2.47 bits per heavy atom. The molecule has 0 amide bonds. The molecule has 2 aliphatic rings. The Balaban J connectivity index is 2.07. The molecule has 0 bridgehead atoms. The molecule has 0 radical (unpaired) electrons. The molecular weight excluding hydrogens is 209 g/mol. The lowest BCUT2D eigenvalue weighted by Crippen LogP contribution is -2.54. The summed E-state index contributed by atoms with van der Waals surface area (Å²) in [4.78, 5) is 0. The third kappa shape index (κ3) is 1.99. The van der Waals surface area contributed by atoms with Crippen molar-refractivity contribution in [1.29, 1.82) is 0 Å².